The molecule has 3 rings (SSSR count). The Labute approximate surface area is 117 Å². The molecule has 2 aromatic heterocycles. The lowest BCUT2D eigenvalue weighted by Crippen LogP contribution is -2.09. The standard InChI is InChI=1S/C13H10F3N5/c1-6-10(12(21-18-6)13(14,15)16)11-9(7-2-3-7)4-8(5-17)19-20-11/h4,7H,2-3H2,1H3,(H,18,21). The lowest BCUT2D eigenvalue weighted by Gasteiger charge is -2.10. The molecule has 0 aliphatic heterocycles. The van der Waals surface area contributed by atoms with Gasteiger partial charge in [0.25, 0.3) is 0 Å². The van der Waals surface area contributed by atoms with Gasteiger partial charge in [0.1, 0.15) is 11.8 Å². The minimum absolute atomic E-state index is 0.0820. The fourth-order valence-electron chi connectivity index (χ4n) is 2.28. The van der Waals surface area contributed by atoms with Crippen molar-refractivity contribution < 1.29 is 13.2 Å². The molecule has 0 bridgehead atoms. The van der Waals surface area contributed by atoms with Crippen LogP contribution in [0.25, 0.3) is 11.3 Å². The van der Waals surface area contributed by atoms with E-state index in [-0.39, 0.29) is 28.6 Å². The van der Waals surface area contributed by atoms with Crippen LogP contribution in [-0.2, 0) is 6.18 Å². The van der Waals surface area contributed by atoms with Gasteiger partial charge in [-0.3, -0.25) is 5.10 Å². The first-order valence-corrected chi connectivity index (χ1v) is 6.32. The van der Waals surface area contributed by atoms with Gasteiger partial charge in [0.2, 0.25) is 0 Å². The summed E-state index contributed by atoms with van der Waals surface area (Å²) in [6.45, 7) is 1.51. The maximum absolute atomic E-state index is 13.1. The predicted octanol–water partition coefficient (Wildman–Crippen LogP) is 2.94. The van der Waals surface area contributed by atoms with Gasteiger partial charge in [-0.2, -0.15) is 23.5 Å². The van der Waals surface area contributed by atoms with Crippen molar-refractivity contribution in [2.75, 3.05) is 0 Å². The second kappa shape index (κ2) is 4.55. The SMILES string of the molecule is Cc1[nH]nc(C(F)(F)F)c1-c1nnc(C#N)cc1C1CC1. The summed E-state index contributed by atoms with van der Waals surface area (Å²) in [4.78, 5) is 0. The third-order valence-electron chi connectivity index (χ3n) is 3.41. The number of aromatic nitrogens is 4. The van der Waals surface area contributed by atoms with Crippen LogP contribution >= 0.6 is 0 Å². The molecule has 1 N–H and O–H groups in total. The van der Waals surface area contributed by atoms with Gasteiger partial charge in [-0.1, -0.05) is 0 Å². The lowest BCUT2D eigenvalue weighted by molar-refractivity contribution is -0.140. The third-order valence-corrected chi connectivity index (χ3v) is 3.41. The van der Waals surface area contributed by atoms with Crippen LogP contribution in [0, 0.1) is 18.3 Å². The largest absolute Gasteiger partial charge is 0.435 e. The van der Waals surface area contributed by atoms with E-state index in [9.17, 15) is 13.2 Å². The summed E-state index contributed by atoms with van der Waals surface area (Å²) in [5, 5.41) is 22.1. The molecule has 5 nitrogen and oxygen atoms in total. The second-order valence-corrected chi connectivity index (χ2v) is 4.99. The van der Waals surface area contributed by atoms with Gasteiger partial charge < -0.3 is 0 Å². The Morgan fingerprint density at radius 1 is 1.33 bits per heavy atom. The molecular formula is C13H10F3N5. The Kier molecular flexibility index (Phi) is 2.93. The Morgan fingerprint density at radius 2 is 2.05 bits per heavy atom. The number of nitrogens with zero attached hydrogens (tertiary/aromatic N) is 4. The summed E-state index contributed by atoms with van der Waals surface area (Å²) in [5.41, 5.74) is 0.104. The van der Waals surface area contributed by atoms with Crippen molar-refractivity contribution in [3.8, 4) is 17.3 Å². The molecule has 1 aliphatic carbocycles. The Balaban J connectivity index is 2.22. The number of hydrogen-bond donors (Lipinski definition) is 1. The van der Waals surface area contributed by atoms with Crippen LogP contribution in [-0.4, -0.2) is 20.4 Å². The molecule has 21 heavy (non-hydrogen) atoms. The van der Waals surface area contributed by atoms with Gasteiger partial charge in [-0.15, -0.1) is 10.2 Å². The van der Waals surface area contributed by atoms with E-state index < -0.39 is 11.9 Å². The summed E-state index contributed by atoms with van der Waals surface area (Å²) in [7, 11) is 0. The fourth-order valence-corrected chi connectivity index (χ4v) is 2.28. The molecule has 2 aromatic rings. The van der Waals surface area contributed by atoms with Crippen LogP contribution in [0.5, 0.6) is 0 Å². The Hall–Kier alpha value is -2.43. The minimum atomic E-state index is -4.57. The number of rotatable bonds is 2. The molecule has 0 spiro atoms. The maximum atomic E-state index is 13.1. The van der Waals surface area contributed by atoms with Crippen molar-refractivity contribution in [2.45, 2.75) is 31.9 Å². The average molecular weight is 293 g/mol. The van der Waals surface area contributed by atoms with E-state index in [1.54, 1.807) is 0 Å². The number of nitriles is 1. The van der Waals surface area contributed by atoms with Crippen molar-refractivity contribution in [3.63, 3.8) is 0 Å². The number of nitrogens with one attached hydrogen (secondary N) is 1. The molecule has 8 heteroatoms. The van der Waals surface area contributed by atoms with E-state index in [4.69, 9.17) is 5.26 Å². The number of hydrogen-bond acceptors (Lipinski definition) is 4. The zero-order chi connectivity index (χ0) is 15.2. The molecule has 1 aliphatic rings. The van der Waals surface area contributed by atoms with Crippen LogP contribution in [0.4, 0.5) is 13.2 Å². The van der Waals surface area contributed by atoms with Crippen molar-refractivity contribution >= 4 is 0 Å². The van der Waals surface area contributed by atoms with Crippen molar-refractivity contribution in [1.29, 1.82) is 5.26 Å². The Bertz CT molecular complexity index is 737. The maximum Gasteiger partial charge on any atom is 0.435 e. The van der Waals surface area contributed by atoms with E-state index in [0.29, 0.717) is 5.56 Å². The first-order valence-electron chi connectivity index (χ1n) is 6.32. The highest BCUT2D eigenvalue weighted by molar-refractivity contribution is 5.69. The van der Waals surface area contributed by atoms with Gasteiger partial charge >= 0.3 is 6.18 Å². The second-order valence-electron chi connectivity index (χ2n) is 4.99. The zero-order valence-electron chi connectivity index (χ0n) is 11.0. The van der Waals surface area contributed by atoms with Crippen LogP contribution in [0.3, 0.4) is 0 Å². The Morgan fingerprint density at radius 3 is 2.62 bits per heavy atom. The minimum Gasteiger partial charge on any atom is -0.282 e. The van der Waals surface area contributed by atoms with Gasteiger partial charge in [0.15, 0.2) is 11.4 Å². The van der Waals surface area contributed by atoms with Crippen LogP contribution in [0.2, 0.25) is 0 Å². The first-order chi connectivity index (χ1) is 9.91. The van der Waals surface area contributed by atoms with Crippen LogP contribution < -0.4 is 0 Å². The van der Waals surface area contributed by atoms with Crippen LogP contribution in [0.15, 0.2) is 6.07 Å². The number of alkyl halides is 3. The highest BCUT2D eigenvalue weighted by Crippen LogP contribution is 2.46. The lowest BCUT2D eigenvalue weighted by atomic mass is 10.0. The molecule has 0 unspecified atom stereocenters. The van der Waals surface area contributed by atoms with Crippen molar-refractivity contribution in [1.82, 2.24) is 20.4 Å². The molecular weight excluding hydrogens is 283 g/mol. The van der Waals surface area contributed by atoms with E-state index in [2.05, 4.69) is 20.4 Å². The summed E-state index contributed by atoms with van der Waals surface area (Å²) < 4.78 is 39.2. The molecule has 0 saturated heterocycles. The summed E-state index contributed by atoms with van der Waals surface area (Å²) in [6, 6.07) is 3.38. The predicted molar refractivity (Wildman–Crippen MR) is 66.0 cm³/mol. The summed E-state index contributed by atoms with van der Waals surface area (Å²) in [6.07, 6.45) is -2.82. The average Bonchev–Trinajstić information content (AvgIpc) is 3.20. The third kappa shape index (κ3) is 2.35. The fraction of sp³-hybridized carbons (Fsp3) is 0.385. The van der Waals surface area contributed by atoms with Gasteiger partial charge in [0.05, 0.1) is 5.56 Å². The van der Waals surface area contributed by atoms with Gasteiger partial charge in [-0.05, 0) is 37.3 Å². The van der Waals surface area contributed by atoms with Gasteiger partial charge in [-0.25, -0.2) is 0 Å². The summed E-state index contributed by atoms with van der Waals surface area (Å²) in [5.74, 6) is 0.137. The van der Waals surface area contributed by atoms with E-state index in [1.807, 2.05) is 6.07 Å². The summed E-state index contributed by atoms with van der Waals surface area (Å²) >= 11 is 0. The number of H-pyrrole nitrogens is 1. The smallest absolute Gasteiger partial charge is 0.282 e. The first kappa shape index (κ1) is 13.5. The number of aryl methyl sites for hydroxylation is 1. The van der Waals surface area contributed by atoms with Crippen molar-refractivity contribution in [2.24, 2.45) is 0 Å². The highest BCUT2D eigenvalue weighted by Gasteiger charge is 2.40. The molecule has 0 atom stereocenters. The van der Waals surface area contributed by atoms with Gasteiger partial charge in [0, 0.05) is 5.69 Å². The van der Waals surface area contributed by atoms with E-state index >= 15 is 0 Å². The molecule has 2 heterocycles. The van der Waals surface area contributed by atoms with Crippen molar-refractivity contribution in [3.05, 3.63) is 28.7 Å². The quantitative estimate of drug-likeness (QED) is 0.923. The molecule has 0 aromatic carbocycles. The monoisotopic (exact) mass is 293 g/mol. The number of aromatic amines is 1. The zero-order valence-corrected chi connectivity index (χ0v) is 11.0. The molecule has 1 saturated carbocycles. The molecule has 1 fully saturated rings. The topological polar surface area (TPSA) is 78.2 Å². The van der Waals surface area contributed by atoms with E-state index in [0.717, 1.165) is 12.8 Å². The molecule has 0 radical (unpaired) electrons. The van der Waals surface area contributed by atoms with E-state index in [1.165, 1.54) is 13.0 Å². The molecule has 108 valence electrons. The normalized spacial score (nSPS) is 15.0. The number of halogens is 3. The highest BCUT2D eigenvalue weighted by atomic mass is 19.4. The molecule has 0 amide bonds. The van der Waals surface area contributed by atoms with Crippen LogP contribution in [0.1, 0.15) is 41.4 Å².